The normalized spacial score (nSPS) is 10.8. The molecule has 0 atom stereocenters. The third-order valence-corrected chi connectivity index (χ3v) is 5.55. The summed E-state index contributed by atoms with van der Waals surface area (Å²) in [6.07, 6.45) is 2.58. The molecule has 1 heterocycles. The summed E-state index contributed by atoms with van der Waals surface area (Å²) in [6, 6.07) is 20.8. The lowest BCUT2D eigenvalue weighted by Gasteiger charge is -2.18. The maximum atomic E-state index is 14.6. The first-order valence-electron chi connectivity index (χ1n) is 10.5. The molecule has 0 unspecified atom stereocenters. The Morgan fingerprint density at radius 1 is 1.00 bits per heavy atom. The van der Waals surface area contributed by atoms with Crippen molar-refractivity contribution >= 4 is 22.6 Å². The maximum absolute atomic E-state index is 14.6. The number of anilines is 1. The second kappa shape index (κ2) is 9.56. The summed E-state index contributed by atoms with van der Waals surface area (Å²) in [6.45, 7) is 0.214. The highest BCUT2D eigenvalue weighted by Gasteiger charge is 2.14. The number of benzene rings is 3. The molecule has 3 aromatic carbocycles. The van der Waals surface area contributed by atoms with Crippen LogP contribution in [-0.4, -0.2) is 34.9 Å². The number of hydrogen-bond acceptors (Lipinski definition) is 4. The van der Waals surface area contributed by atoms with Crippen molar-refractivity contribution in [2.24, 2.45) is 0 Å². The van der Waals surface area contributed by atoms with Crippen LogP contribution in [0.15, 0.2) is 73.1 Å². The van der Waals surface area contributed by atoms with Crippen LogP contribution < -0.4 is 5.32 Å². The van der Waals surface area contributed by atoms with Crippen LogP contribution in [-0.2, 0) is 17.8 Å². The van der Waals surface area contributed by atoms with Gasteiger partial charge < -0.3 is 10.2 Å². The SMILES string of the molecule is CNc1ncnc2ccc(-c3ccc(F)c(CN(C)C(=O)CCc4ccccc4)c3)cc12. The van der Waals surface area contributed by atoms with Crippen molar-refractivity contribution in [2.45, 2.75) is 19.4 Å². The number of aryl methyl sites for hydroxylation is 1. The highest BCUT2D eigenvalue weighted by molar-refractivity contribution is 5.92. The fourth-order valence-electron chi connectivity index (χ4n) is 3.74. The molecule has 0 fully saturated rings. The highest BCUT2D eigenvalue weighted by atomic mass is 19.1. The Labute approximate surface area is 186 Å². The summed E-state index contributed by atoms with van der Waals surface area (Å²) in [4.78, 5) is 22.7. The number of halogens is 1. The van der Waals surface area contributed by atoms with Gasteiger partial charge in [-0.25, -0.2) is 14.4 Å². The Morgan fingerprint density at radius 3 is 2.53 bits per heavy atom. The van der Waals surface area contributed by atoms with E-state index in [2.05, 4.69) is 15.3 Å². The molecule has 0 radical (unpaired) electrons. The van der Waals surface area contributed by atoms with Gasteiger partial charge in [0.05, 0.1) is 5.52 Å². The molecular formula is C26H25FN4O. The highest BCUT2D eigenvalue weighted by Crippen LogP contribution is 2.28. The molecule has 1 aromatic heterocycles. The van der Waals surface area contributed by atoms with Gasteiger partial charge in [0, 0.05) is 38.0 Å². The molecule has 4 rings (SSSR count). The zero-order valence-corrected chi connectivity index (χ0v) is 18.2. The van der Waals surface area contributed by atoms with Crippen LogP contribution in [0.4, 0.5) is 10.2 Å². The van der Waals surface area contributed by atoms with E-state index >= 15 is 0 Å². The fourth-order valence-corrected chi connectivity index (χ4v) is 3.74. The van der Waals surface area contributed by atoms with Crippen LogP contribution in [0.5, 0.6) is 0 Å². The van der Waals surface area contributed by atoms with Gasteiger partial charge in [0.2, 0.25) is 5.91 Å². The summed E-state index contributed by atoms with van der Waals surface area (Å²) in [5, 5.41) is 3.97. The predicted octanol–water partition coefficient (Wildman–Crippen LogP) is 5.07. The summed E-state index contributed by atoms with van der Waals surface area (Å²) in [7, 11) is 3.53. The molecule has 162 valence electrons. The van der Waals surface area contributed by atoms with Crippen LogP contribution in [0, 0.1) is 5.82 Å². The summed E-state index contributed by atoms with van der Waals surface area (Å²) >= 11 is 0. The van der Waals surface area contributed by atoms with Crippen LogP contribution in [0.3, 0.4) is 0 Å². The molecule has 6 heteroatoms. The van der Waals surface area contributed by atoms with E-state index < -0.39 is 0 Å². The molecule has 0 aliphatic rings. The van der Waals surface area contributed by atoms with Gasteiger partial charge in [-0.2, -0.15) is 0 Å². The Morgan fingerprint density at radius 2 is 1.75 bits per heavy atom. The predicted molar refractivity (Wildman–Crippen MR) is 126 cm³/mol. The van der Waals surface area contributed by atoms with Gasteiger partial charge in [-0.15, -0.1) is 0 Å². The van der Waals surface area contributed by atoms with E-state index in [0.717, 1.165) is 33.4 Å². The minimum Gasteiger partial charge on any atom is -0.373 e. The standard InChI is InChI=1S/C26H25FN4O/c1-28-26-22-15-20(10-12-24(22)29-17-30-26)19-9-11-23(27)21(14-19)16-31(2)25(32)13-8-18-6-4-3-5-7-18/h3-7,9-12,14-15,17H,8,13,16H2,1-2H3,(H,28,29,30). The largest absolute Gasteiger partial charge is 0.373 e. The minimum absolute atomic E-state index is 0.0137. The number of rotatable bonds is 7. The van der Waals surface area contributed by atoms with E-state index in [0.29, 0.717) is 18.4 Å². The molecule has 4 aromatic rings. The van der Waals surface area contributed by atoms with Crippen molar-refractivity contribution in [3.8, 4) is 11.1 Å². The van der Waals surface area contributed by atoms with Gasteiger partial charge in [-0.1, -0.05) is 42.5 Å². The number of carbonyl (C=O) groups is 1. The van der Waals surface area contributed by atoms with E-state index in [4.69, 9.17) is 0 Å². The Balaban J connectivity index is 1.52. The lowest BCUT2D eigenvalue weighted by molar-refractivity contribution is -0.130. The molecule has 0 saturated heterocycles. The average molecular weight is 429 g/mol. The van der Waals surface area contributed by atoms with E-state index in [9.17, 15) is 9.18 Å². The van der Waals surface area contributed by atoms with Crippen molar-refractivity contribution in [1.82, 2.24) is 14.9 Å². The van der Waals surface area contributed by atoms with Gasteiger partial charge in [0.25, 0.3) is 0 Å². The lowest BCUT2D eigenvalue weighted by Crippen LogP contribution is -2.26. The summed E-state index contributed by atoms with van der Waals surface area (Å²) < 4.78 is 14.6. The lowest BCUT2D eigenvalue weighted by atomic mass is 10.0. The number of carbonyl (C=O) groups excluding carboxylic acids is 1. The van der Waals surface area contributed by atoms with Crippen molar-refractivity contribution < 1.29 is 9.18 Å². The molecule has 5 nitrogen and oxygen atoms in total. The topological polar surface area (TPSA) is 58.1 Å². The second-order valence-electron chi connectivity index (χ2n) is 7.75. The van der Waals surface area contributed by atoms with Crippen LogP contribution >= 0.6 is 0 Å². The van der Waals surface area contributed by atoms with Crippen LogP contribution in [0.1, 0.15) is 17.5 Å². The first kappa shape index (κ1) is 21.4. The van der Waals surface area contributed by atoms with E-state index in [-0.39, 0.29) is 18.3 Å². The molecule has 0 aliphatic carbocycles. The van der Waals surface area contributed by atoms with E-state index in [1.807, 2.05) is 55.6 Å². The average Bonchev–Trinajstić information content (AvgIpc) is 2.83. The van der Waals surface area contributed by atoms with Gasteiger partial charge in [-0.3, -0.25) is 4.79 Å². The number of fused-ring (bicyclic) bond motifs is 1. The van der Waals surface area contributed by atoms with Crippen molar-refractivity contribution in [3.63, 3.8) is 0 Å². The second-order valence-corrected chi connectivity index (χ2v) is 7.75. The third-order valence-electron chi connectivity index (χ3n) is 5.55. The monoisotopic (exact) mass is 428 g/mol. The van der Waals surface area contributed by atoms with Gasteiger partial charge in [-0.05, 0) is 47.4 Å². The van der Waals surface area contributed by atoms with Crippen LogP contribution in [0.25, 0.3) is 22.0 Å². The fraction of sp³-hybridized carbons (Fsp3) is 0.192. The third kappa shape index (κ3) is 4.75. The Kier molecular flexibility index (Phi) is 6.40. The van der Waals surface area contributed by atoms with Crippen molar-refractivity contribution in [2.75, 3.05) is 19.4 Å². The zero-order valence-electron chi connectivity index (χ0n) is 18.2. The Bertz CT molecular complexity index is 1240. The van der Waals surface area contributed by atoms with E-state index in [1.54, 1.807) is 24.1 Å². The van der Waals surface area contributed by atoms with E-state index in [1.165, 1.54) is 12.4 Å². The van der Waals surface area contributed by atoms with Gasteiger partial charge in [0.1, 0.15) is 18.0 Å². The van der Waals surface area contributed by atoms with Crippen molar-refractivity contribution in [3.05, 3.63) is 90.0 Å². The Hall–Kier alpha value is -3.80. The zero-order chi connectivity index (χ0) is 22.5. The molecule has 0 spiro atoms. The van der Waals surface area contributed by atoms with Gasteiger partial charge in [0.15, 0.2) is 0 Å². The molecule has 0 saturated carbocycles. The van der Waals surface area contributed by atoms with Crippen molar-refractivity contribution in [1.29, 1.82) is 0 Å². The minimum atomic E-state index is -0.323. The smallest absolute Gasteiger partial charge is 0.222 e. The molecule has 1 amide bonds. The molecule has 1 N–H and O–H groups in total. The summed E-state index contributed by atoms with van der Waals surface area (Å²) in [5.74, 6) is 0.402. The molecule has 32 heavy (non-hydrogen) atoms. The molecular weight excluding hydrogens is 403 g/mol. The summed E-state index contributed by atoms with van der Waals surface area (Å²) in [5.41, 5.74) is 4.24. The number of hydrogen-bond donors (Lipinski definition) is 1. The number of nitrogens with zero attached hydrogens (tertiary/aromatic N) is 3. The molecule has 0 bridgehead atoms. The number of nitrogens with one attached hydrogen (secondary N) is 1. The van der Waals surface area contributed by atoms with Gasteiger partial charge >= 0.3 is 0 Å². The maximum Gasteiger partial charge on any atom is 0.222 e. The first-order chi connectivity index (χ1) is 15.5. The quantitative estimate of drug-likeness (QED) is 0.447. The first-order valence-corrected chi connectivity index (χ1v) is 10.5. The van der Waals surface area contributed by atoms with Crippen LogP contribution in [0.2, 0.25) is 0 Å². The molecule has 0 aliphatic heterocycles. The number of aromatic nitrogens is 2. The number of amides is 1.